The van der Waals surface area contributed by atoms with Gasteiger partial charge in [-0.15, -0.1) is 17.0 Å². The van der Waals surface area contributed by atoms with Crippen LogP contribution in [0, 0.1) is 11.8 Å². The first-order valence-corrected chi connectivity index (χ1v) is 13.3. The second-order valence-corrected chi connectivity index (χ2v) is 10.9. The van der Waals surface area contributed by atoms with Crippen molar-refractivity contribution < 1.29 is 19.0 Å². The summed E-state index contributed by atoms with van der Waals surface area (Å²) in [5.41, 5.74) is 2.05. The van der Waals surface area contributed by atoms with E-state index in [1.54, 1.807) is 0 Å². The number of rotatable bonds is 8. The van der Waals surface area contributed by atoms with Crippen LogP contribution in [0.2, 0.25) is 0 Å². The number of carbonyl (C=O) groups excluding carboxylic acids is 1. The van der Waals surface area contributed by atoms with Crippen molar-refractivity contribution in [2.75, 3.05) is 32.8 Å². The van der Waals surface area contributed by atoms with Crippen LogP contribution in [0.3, 0.4) is 0 Å². The summed E-state index contributed by atoms with van der Waals surface area (Å²) >= 11 is 0. The summed E-state index contributed by atoms with van der Waals surface area (Å²) in [5, 5.41) is 0. The molecule has 2 atom stereocenters. The van der Waals surface area contributed by atoms with Gasteiger partial charge >= 0.3 is 5.97 Å². The fourth-order valence-electron chi connectivity index (χ4n) is 6.84. The lowest BCUT2D eigenvalue weighted by Gasteiger charge is -2.57. The lowest BCUT2D eigenvalue weighted by molar-refractivity contribution is -0.134. The Morgan fingerprint density at radius 1 is 1.20 bits per heavy atom. The molecule has 0 N–H and O–H groups in total. The van der Waals surface area contributed by atoms with E-state index in [4.69, 9.17) is 14.2 Å². The van der Waals surface area contributed by atoms with Crippen LogP contribution in [0.5, 0.6) is 11.5 Å². The number of benzene rings is 1. The lowest BCUT2D eigenvalue weighted by atomic mass is 9.52. The van der Waals surface area contributed by atoms with Crippen molar-refractivity contribution in [1.82, 2.24) is 4.90 Å². The van der Waals surface area contributed by atoms with E-state index < -0.39 is 0 Å². The molecule has 1 aliphatic carbocycles. The average molecular weight is 551 g/mol. The Hall–Kier alpha value is -1.37. The number of hydrogen-bond acceptors (Lipinski definition) is 5. The normalized spacial score (nSPS) is 25.5. The molecular formula is C29H44BrNO4. The molecule has 1 aromatic carbocycles. The topological polar surface area (TPSA) is 48.0 Å². The molecule has 1 fully saturated rings. The molecule has 6 heteroatoms. The molecule has 5 nitrogen and oxygen atoms in total. The Morgan fingerprint density at radius 3 is 2.60 bits per heavy atom. The molecule has 0 unspecified atom stereocenters. The fourth-order valence-corrected chi connectivity index (χ4v) is 6.84. The molecule has 2 heterocycles. The summed E-state index contributed by atoms with van der Waals surface area (Å²) in [6.07, 6.45) is 8.08. The highest BCUT2D eigenvalue weighted by atomic mass is 79.9. The van der Waals surface area contributed by atoms with E-state index in [0.717, 1.165) is 76.3 Å². The minimum absolute atomic E-state index is 0. The first-order chi connectivity index (χ1) is 16.3. The summed E-state index contributed by atoms with van der Waals surface area (Å²) in [7, 11) is 0. The van der Waals surface area contributed by atoms with Crippen LogP contribution < -0.4 is 9.47 Å². The number of carbonyl (C=O) groups is 1. The molecule has 196 valence electrons. The number of hydrogen-bond donors (Lipinski definition) is 0. The molecule has 1 aromatic rings. The number of nitrogens with zero attached hydrogens (tertiary/aromatic N) is 1. The largest absolute Gasteiger partial charge is 0.487 e. The minimum atomic E-state index is -0.284. The average Bonchev–Trinajstić information content (AvgIpc) is 2.80. The van der Waals surface area contributed by atoms with Crippen LogP contribution in [-0.4, -0.2) is 49.3 Å². The van der Waals surface area contributed by atoms with Gasteiger partial charge in [0.2, 0.25) is 0 Å². The second kappa shape index (κ2) is 11.8. The van der Waals surface area contributed by atoms with Crippen molar-refractivity contribution in [2.45, 2.75) is 84.2 Å². The van der Waals surface area contributed by atoms with E-state index in [1.165, 1.54) is 5.57 Å². The third kappa shape index (κ3) is 5.65. The lowest BCUT2D eigenvalue weighted by Crippen LogP contribution is -2.57. The Kier molecular flexibility index (Phi) is 9.50. The van der Waals surface area contributed by atoms with Crippen molar-refractivity contribution in [2.24, 2.45) is 11.8 Å². The maximum atomic E-state index is 13.0. The van der Waals surface area contributed by atoms with Gasteiger partial charge < -0.3 is 14.2 Å². The predicted octanol–water partition coefficient (Wildman–Crippen LogP) is 6.48. The van der Waals surface area contributed by atoms with E-state index in [0.29, 0.717) is 24.0 Å². The van der Waals surface area contributed by atoms with Gasteiger partial charge in [0.25, 0.3) is 0 Å². The minimum Gasteiger partial charge on any atom is -0.487 e. The molecule has 1 saturated heterocycles. The van der Waals surface area contributed by atoms with Crippen molar-refractivity contribution in [1.29, 1.82) is 0 Å². The van der Waals surface area contributed by atoms with Gasteiger partial charge in [-0.2, -0.15) is 0 Å². The summed E-state index contributed by atoms with van der Waals surface area (Å²) in [5.74, 6) is 2.20. The van der Waals surface area contributed by atoms with Gasteiger partial charge in [-0.1, -0.05) is 44.4 Å². The Bertz CT molecular complexity index is 904. The molecule has 0 amide bonds. The van der Waals surface area contributed by atoms with Crippen molar-refractivity contribution in [3.63, 3.8) is 0 Å². The number of halogens is 1. The first-order valence-electron chi connectivity index (χ1n) is 13.3. The zero-order valence-corrected chi connectivity index (χ0v) is 23.9. The highest BCUT2D eigenvalue weighted by molar-refractivity contribution is 8.93. The molecule has 0 bridgehead atoms. The number of fused-ring (bicyclic) bond motifs is 3. The summed E-state index contributed by atoms with van der Waals surface area (Å²) in [4.78, 5) is 15.3. The van der Waals surface area contributed by atoms with Crippen LogP contribution in [0.15, 0.2) is 29.8 Å². The zero-order valence-electron chi connectivity index (χ0n) is 22.2. The van der Waals surface area contributed by atoms with Crippen LogP contribution >= 0.6 is 17.0 Å². The van der Waals surface area contributed by atoms with E-state index >= 15 is 0 Å². The van der Waals surface area contributed by atoms with Crippen LogP contribution in [0.25, 0.3) is 0 Å². The van der Waals surface area contributed by atoms with Gasteiger partial charge in [-0.05, 0) is 64.6 Å². The van der Waals surface area contributed by atoms with Crippen molar-refractivity contribution >= 4 is 23.0 Å². The van der Waals surface area contributed by atoms with Gasteiger partial charge in [0.15, 0.2) is 0 Å². The Balaban J connectivity index is 0.00000342. The van der Waals surface area contributed by atoms with Crippen LogP contribution in [-0.2, 0) is 14.9 Å². The quantitative estimate of drug-likeness (QED) is 0.211. The Morgan fingerprint density at radius 2 is 1.91 bits per heavy atom. The fraction of sp³-hybridized carbons (Fsp3) is 0.690. The molecule has 35 heavy (non-hydrogen) atoms. The molecule has 2 aliphatic heterocycles. The van der Waals surface area contributed by atoms with E-state index in [1.807, 2.05) is 12.1 Å². The predicted molar refractivity (Wildman–Crippen MR) is 146 cm³/mol. The maximum absolute atomic E-state index is 13.0. The Labute approximate surface area is 222 Å². The van der Waals surface area contributed by atoms with Crippen molar-refractivity contribution in [3.8, 4) is 11.5 Å². The summed E-state index contributed by atoms with van der Waals surface area (Å²) in [6, 6.07) is 6.00. The monoisotopic (exact) mass is 549 g/mol. The van der Waals surface area contributed by atoms with Gasteiger partial charge in [0.05, 0.1) is 13.2 Å². The number of allylic oxidation sites excluding steroid dienone is 2. The highest BCUT2D eigenvalue weighted by Crippen LogP contribution is 2.61. The molecular weight excluding hydrogens is 506 g/mol. The van der Waals surface area contributed by atoms with Crippen molar-refractivity contribution in [3.05, 3.63) is 35.4 Å². The van der Waals surface area contributed by atoms with E-state index in [9.17, 15) is 4.79 Å². The third-order valence-corrected chi connectivity index (χ3v) is 8.37. The van der Waals surface area contributed by atoms with Crippen LogP contribution in [0.1, 0.15) is 78.7 Å². The van der Waals surface area contributed by atoms with Gasteiger partial charge in [0.1, 0.15) is 17.1 Å². The number of ether oxygens (including phenoxy) is 3. The van der Waals surface area contributed by atoms with Gasteiger partial charge in [-0.3, -0.25) is 9.69 Å². The van der Waals surface area contributed by atoms with Crippen LogP contribution in [0.4, 0.5) is 0 Å². The highest BCUT2D eigenvalue weighted by Gasteiger charge is 2.57. The third-order valence-electron chi connectivity index (χ3n) is 8.37. The van der Waals surface area contributed by atoms with E-state index in [2.05, 4.69) is 51.7 Å². The molecule has 4 rings (SSSR count). The van der Waals surface area contributed by atoms with Gasteiger partial charge in [0, 0.05) is 36.4 Å². The molecule has 0 radical (unpaired) electrons. The summed E-state index contributed by atoms with van der Waals surface area (Å²) < 4.78 is 18.2. The molecule has 0 aromatic heterocycles. The smallest absolute Gasteiger partial charge is 0.311 e. The first kappa shape index (κ1) is 28.2. The molecule has 3 aliphatic rings. The number of morpholine rings is 1. The molecule has 0 saturated carbocycles. The molecule has 0 spiro atoms. The number of esters is 1. The maximum Gasteiger partial charge on any atom is 0.311 e. The van der Waals surface area contributed by atoms with E-state index in [-0.39, 0.29) is 34.0 Å². The SMILES string of the molecule is Br.CCC(CC)[C@@]12C=C(C)CC[C@H]1C(C)(C)Oc1cccc(OC(=O)CCCN3CCOCC3)c12. The van der Waals surface area contributed by atoms with Gasteiger partial charge in [-0.25, -0.2) is 0 Å². The summed E-state index contributed by atoms with van der Waals surface area (Å²) in [6.45, 7) is 15.7. The standard InChI is InChI=1S/C29H43NO4.BrH/c1-6-22(7-2)29-20-21(3)13-14-25(29)28(4,5)34-24-11-8-10-23(27(24)29)33-26(31)12-9-15-30-16-18-32-19-17-30;/h8,10-11,20,22,25H,6-7,9,12-19H2,1-5H3;1H/t25-,29-;/m0./s1. The zero-order chi connectivity index (χ0) is 24.3. The second-order valence-electron chi connectivity index (χ2n) is 10.9.